The summed E-state index contributed by atoms with van der Waals surface area (Å²) >= 11 is 0. The molecular formula is C17H34N4. The summed E-state index contributed by atoms with van der Waals surface area (Å²) in [5, 5.41) is 0. The third-order valence-electron chi connectivity index (χ3n) is 4.13. The Kier molecular flexibility index (Phi) is 10.2. The Hall–Kier alpha value is -0.870. The Morgan fingerprint density at radius 3 is 2.10 bits per heavy atom. The zero-order valence-electron chi connectivity index (χ0n) is 14.0. The van der Waals surface area contributed by atoms with Gasteiger partial charge in [0.05, 0.1) is 18.1 Å². The van der Waals surface area contributed by atoms with Gasteiger partial charge in [0, 0.05) is 13.2 Å². The van der Waals surface area contributed by atoms with Crippen LogP contribution in [-0.4, -0.2) is 9.55 Å². The molecule has 4 nitrogen and oxygen atoms in total. The van der Waals surface area contributed by atoms with E-state index in [0.29, 0.717) is 0 Å². The molecule has 0 radical (unpaired) electrons. The first-order chi connectivity index (χ1) is 10.3. The first kappa shape index (κ1) is 18.2. The van der Waals surface area contributed by atoms with E-state index in [1.54, 1.807) is 0 Å². The summed E-state index contributed by atoms with van der Waals surface area (Å²) in [5.41, 5.74) is 3.94. The lowest BCUT2D eigenvalue weighted by Crippen LogP contribution is -2.28. The molecule has 1 aromatic rings. The summed E-state index contributed by atoms with van der Waals surface area (Å²) in [6, 6.07) is 0.195. The standard InChI is InChI=1S/C17H34N4/c1-3-4-5-6-7-8-9-10-11-12-13-16(20-18)17-14-21(2)15-19-17/h14-16,20H,3-13,18H2,1-2H3. The number of aromatic nitrogens is 2. The number of hydrazine groups is 1. The molecule has 1 aromatic heterocycles. The van der Waals surface area contributed by atoms with Crippen molar-refractivity contribution in [2.75, 3.05) is 0 Å². The summed E-state index contributed by atoms with van der Waals surface area (Å²) < 4.78 is 1.97. The number of rotatable bonds is 13. The van der Waals surface area contributed by atoms with E-state index in [1.807, 2.05) is 24.1 Å². The van der Waals surface area contributed by atoms with Crippen LogP contribution >= 0.6 is 0 Å². The molecule has 122 valence electrons. The minimum atomic E-state index is 0.195. The average Bonchev–Trinajstić information content (AvgIpc) is 2.91. The van der Waals surface area contributed by atoms with Crippen molar-refractivity contribution < 1.29 is 0 Å². The van der Waals surface area contributed by atoms with Crippen LogP contribution in [0.25, 0.3) is 0 Å². The minimum Gasteiger partial charge on any atom is -0.340 e. The Morgan fingerprint density at radius 2 is 1.62 bits per heavy atom. The van der Waals surface area contributed by atoms with Gasteiger partial charge in [0.15, 0.2) is 0 Å². The van der Waals surface area contributed by atoms with Crippen molar-refractivity contribution in [3.8, 4) is 0 Å². The van der Waals surface area contributed by atoms with Crippen LogP contribution in [0, 0.1) is 0 Å². The summed E-state index contributed by atoms with van der Waals surface area (Å²) in [6.45, 7) is 2.27. The number of nitrogens with zero attached hydrogens (tertiary/aromatic N) is 2. The van der Waals surface area contributed by atoms with Crippen LogP contribution < -0.4 is 11.3 Å². The number of unbranched alkanes of at least 4 members (excludes halogenated alkanes) is 9. The van der Waals surface area contributed by atoms with Crippen LogP contribution in [0.3, 0.4) is 0 Å². The first-order valence-electron chi connectivity index (χ1n) is 8.72. The Balaban J connectivity index is 1.98. The molecule has 0 aliphatic heterocycles. The molecule has 0 spiro atoms. The Labute approximate surface area is 130 Å². The van der Waals surface area contributed by atoms with E-state index >= 15 is 0 Å². The average molecular weight is 294 g/mol. The van der Waals surface area contributed by atoms with Crippen LogP contribution in [0.1, 0.15) is 89.3 Å². The number of hydrogen-bond donors (Lipinski definition) is 2. The van der Waals surface area contributed by atoms with Gasteiger partial charge in [-0.2, -0.15) is 0 Å². The molecule has 1 heterocycles. The first-order valence-corrected chi connectivity index (χ1v) is 8.72. The lowest BCUT2D eigenvalue weighted by Gasteiger charge is -2.13. The molecule has 1 rings (SSSR count). The monoisotopic (exact) mass is 294 g/mol. The molecular weight excluding hydrogens is 260 g/mol. The topological polar surface area (TPSA) is 55.9 Å². The van der Waals surface area contributed by atoms with Gasteiger partial charge in [0.25, 0.3) is 0 Å². The van der Waals surface area contributed by atoms with E-state index in [2.05, 4.69) is 17.3 Å². The van der Waals surface area contributed by atoms with Gasteiger partial charge < -0.3 is 4.57 Å². The molecule has 0 saturated carbocycles. The van der Waals surface area contributed by atoms with Crippen molar-refractivity contribution in [3.63, 3.8) is 0 Å². The quantitative estimate of drug-likeness (QED) is 0.325. The van der Waals surface area contributed by atoms with Gasteiger partial charge in [0.2, 0.25) is 0 Å². The number of aryl methyl sites for hydroxylation is 1. The SMILES string of the molecule is CCCCCCCCCCCCC(NN)c1cn(C)cn1. The number of nitrogens with one attached hydrogen (secondary N) is 1. The van der Waals surface area contributed by atoms with Crippen molar-refractivity contribution in [2.24, 2.45) is 12.9 Å². The predicted octanol–water partition coefficient (Wildman–Crippen LogP) is 4.24. The van der Waals surface area contributed by atoms with Crippen LogP contribution in [0.15, 0.2) is 12.5 Å². The van der Waals surface area contributed by atoms with E-state index in [-0.39, 0.29) is 6.04 Å². The van der Waals surface area contributed by atoms with Gasteiger partial charge in [-0.15, -0.1) is 0 Å². The zero-order valence-corrected chi connectivity index (χ0v) is 14.0. The van der Waals surface area contributed by atoms with Crippen molar-refractivity contribution in [2.45, 2.75) is 83.6 Å². The second kappa shape index (κ2) is 11.8. The van der Waals surface area contributed by atoms with Crippen LogP contribution in [0.5, 0.6) is 0 Å². The third kappa shape index (κ3) is 8.22. The van der Waals surface area contributed by atoms with Crippen LogP contribution in [0.4, 0.5) is 0 Å². The van der Waals surface area contributed by atoms with E-state index in [1.165, 1.54) is 64.2 Å². The maximum Gasteiger partial charge on any atom is 0.0947 e. The van der Waals surface area contributed by atoms with Gasteiger partial charge in [0.1, 0.15) is 0 Å². The van der Waals surface area contributed by atoms with Gasteiger partial charge >= 0.3 is 0 Å². The Bertz CT molecular complexity index is 348. The fourth-order valence-electron chi connectivity index (χ4n) is 2.77. The maximum absolute atomic E-state index is 5.64. The van der Waals surface area contributed by atoms with Gasteiger partial charge in [-0.05, 0) is 6.42 Å². The molecule has 4 heteroatoms. The van der Waals surface area contributed by atoms with Crippen molar-refractivity contribution >= 4 is 0 Å². The number of hydrogen-bond acceptors (Lipinski definition) is 3. The molecule has 0 saturated heterocycles. The molecule has 0 aromatic carbocycles. The second-order valence-corrected chi connectivity index (χ2v) is 6.15. The predicted molar refractivity (Wildman–Crippen MR) is 89.7 cm³/mol. The summed E-state index contributed by atoms with van der Waals surface area (Å²) in [6.07, 6.45) is 18.6. The highest BCUT2D eigenvalue weighted by molar-refractivity contribution is 5.02. The molecule has 1 unspecified atom stereocenters. The van der Waals surface area contributed by atoms with Gasteiger partial charge in [-0.1, -0.05) is 71.1 Å². The molecule has 21 heavy (non-hydrogen) atoms. The Morgan fingerprint density at radius 1 is 1.05 bits per heavy atom. The largest absolute Gasteiger partial charge is 0.340 e. The highest BCUT2D eigenvalue weighted by atomic mass is 15.2. The number of nitrogens with two attached hydrogens (primary N) is 1. The third-order valence-corrected chi connectivity index (χ3v) is 4.13. The minimum absolute atomic E-state index is 0.195. The van der Waals surface area contributed by atoms with Crippen LogP contribution in [0.2, 0.25) is 0 Å². The van der Waals surface area contributed by atoms with E-state index in [4.69, 9.17) is 5.84 Å². The molecule has 0 aliphatic rings. The normalized spacial score (nSPS) is 12.7. The molecule has 1 atom stereocenters. The fraction of sp³-hybridized carbons (Fsp3) is 0.824. The highest BCUT2D eigenvalue weighted by Gasteiger charge is 2.11. The van der Waals surface area contributed by atoms with Crippen LogP contribution in [-0.2, 0) is 7.05 Å². The molecule has 0 fully saturated rings. The van der Waals surface area contributed by atoms with Gasteiger partial charge in [-0.3, -0.25) is 11.3 Å². The van der Waals surface area contributed by atoms with E-state index < -0.39 is 0 Å². The summed E-state index contributed by atoms with van der Waals surface area (Å²) in [7, 11) is 1.99. The lowest BCUT2D eigenvalue weighted by atomic mass is 10.0. The van der Waals surface area contributed by atoms with Crippen molar-refractivity contribution in [1.82, 2.24) is 15.0 Å². The highest BCUT2D eigenvalue weighted by Crippen LogP contribution is 2.18. The van der Waals surface area contributed by atoms with Crippen molar-refractivity contribution in [3.05, 3.63) is 18.2 Å². The second-order valence-electron chi connectivity index (χ2n) is 6.15. The molecule has 0 amide bonds. The van der Waals surface area contributed by atoms with Gasteiger partial charge in [-0.25, -0.2) is 4.98 Å². The van der Waals surface area contributed by atoms with E-state index in [9.17, 15) is 0 Å². The number of imidazole rings is 1. The maximum atomic E-state index is 5.64. The summed E-state index contributed by atoms with van der Waals surface area (Å²) in [5.74, 6) is 5.64. The van der Waals surface area contributed by atoms with Crippen molar-refractivity contribution in [1.29, 1.82) is 0 Å². The lowest BCUT2D eigenvalue weighted by molar-refractivity contribution is 0.467. The molecule has 0 aliphatic carbocycles. The summed E-state index contributed by atoms with van der Waals surface area (Å²) in [4.78, 5) is 4.37. The van der Waals surface area contributed by atoms with E-state index in [0.717, 1.165) is 12.1 Å². The fourth-order valence-corrected chi connectivity index (χ4v) is 2.77. The zero-order chi connectivity index (χ0) is 15.3. The molecule has 3 N–H and O–H groups in total. The smallest absolute Gasteiger partial charge is 0.0947 e. The molecule has 0 bridgehead atoms.